The van der Waals surface area contributed by atoms with Crippen molar-refractivity contribution in [2.45, 2.75) is 38.5 Å². The fourth-order valence-electron chi connectivity index (χ4n) is 4.19. The van der Waals surface area contributed by atoms with Gasteiger partial charge in [0, 0.05) is 24.9 Å². The molecule has 0 radical (unpaired) electrons. The zero-order valence-electron chi connectivity index (χ0n) is 19.0. The third kappa shape index (κ3) is 6.54. The van der Waals surface area contributed by atoms with Gasteiger partial charge < -0.3 is 14.4 Å². The summed E-state index contributed by atoms with van der Waals surface area (Å²) < 4.78 is 11.6. The molecule has 3 aromatic rings. The molecule has 5 heteroatoms. The molecule has 1 aliphatic rings. The van der Waals surface area contributed by atoms with E-state index in [0.29, 0.717) is 13.0 Å². The van der Waals surface area contributed by atoms with E-state index in [-0.39, 0.29) is 0 Å². The van der Waals surface area contributed by atoms with Gasteiger partial charge in [-0.1, -0.05) is 36.4 Å². The van der Waals surface area contributed by atoms with Gasteiger partial charge in [-0.2, -0.15) is 0 Å². The van der Waals surface area contributed by atoms with Crippen LogP contribution in [0, 0.1) is 0 Å². The van der Waals surface area contributed by atoms with Gasteiger partial charge >= 0.3 is 0 Å². The minimum absolute atomic E-state index is 0.674. The molecular formula is C27H33N3O2. The number of ether oxygens (including phenoxy) is 2. The second-order valence-electron chi connectivity index (χ2n) is 8.36. The van der Waals surface area contributed by atoms with E-state index >= 15 is 0 Å². The lowest BCUT2D eigenvalue weighted by Gasteiger charge is -2.16. The Hall–Kier alpha value is -2.92. The first-order chi connectivity index (χ1) is 15.8. The molecule has 1 saturated heterocycles. The van der Waals surface area contributed by atoms with E-state index in [1.165, 1.54) is 31.5 Å². The summed E-state index contributed by atoms with van der Waals surface area (Å²) in [6, 6.07) is 18.6. The monoisotopic (exact) mass is 431 g/mol. The quantitative estimate of drug-likeness (QED) is 0.411. The van der Waals surface area contributed by atoms with E-state index in [4.69, 9.17) is 14.5 Å². The predicted molar refractivity (Wildman–Crippen MR) is 127 cm³/mol. The van der Waals surface area contributed by atoms with Gasteiger partial charge in [-0.25, -0.2) is 9.97 Å². The first kappa shape index (κ1) is 22.3. The van der Waals surface area contributed by atoms with Crippen LogP contribution in [0.5, 0.6) is 11.5 Å². The van der Waals surface area contributed by atoms with Crippen molar-refractivity contribution in [2.24, 2.45) is 0 Å². The van der Waals surface area contributed by atoms with Crippen LogP contribution in [0.3, 0.4) is 0 Å². The summed E-state index contributed by atoms with van der Waals surface area (Å²) in [4.78, 5) is 11.8. The fraction of sp³-hybridized carbons (Fsp3) is 0.407. The number of benzene rings is 2. The smallest absolute Gasteiger partial charge is 0.161 e. The number of aryl methyl sites for hydroxylation is 2. The van der Waals surface area contributed by atoms with E-state index in [0.717, 1.165) is 54.4 Å². The fourth-order valence-corrected chi connectivity index (χ4v) is 4.19. The Morgan fingerprint density at radius 2 is 1.75 bits per heavy atom. The molecule has 0 bridgehead atoms. The molecule has 0 aliphatic carbocycles. The average molecular weight is 432 g/mol. The summed E-state index contributed by atoms with van der Waals surface area (Å²) in [6.07, 6.45) is 8.11. The lowest BCUT2D eigenvalue weighted by Crippen LogP contribution is -2.21. The van der Waals surface area contributed by atoms with Crippen LogP contribution in [0.15, 0.2) is 60.8 Å². The second kappa shape index (κ2) is 11.6. The van der Waals surface area contributed by atoms with Gasteiger partial charge in [-0.15, -0.1) is 0 Å². The maximum absolute atomic E-state index is 6.09. The maximum atomic E-state index is 6.09. The standard InChI is InChI=1S/C27H33N3O2/c1-31-25-13-11-23(20-26(25)32-19-7-18-30-16-5-6-17-30)21-27-28-15-14-24(29-27)12-10-22-8-3-2-4-9-22/h2-4,8-9,11,13-15,20H,5-7,10,12,16-19,21H2,1H3. The molecule has 2 aromatic carbocycles. The molecule has 1 aromatic heterocycles. The third-order valence-corrected chi connectivity index (χ3v) is 5.94. The van der Waals surface area contributed by atoms with Crippen LogP contribution in [0.25, 0.3) is 0 Å². The van der Waals surface area contributed by atoms with Crippen molar-refractivity contribution in [1.29, 1.82) is 0 Å². The summed E-state index contributed by atoms with van der Waals surface area (Å²) in [5.74, 6) is 2.40. The molecule has 1 fully saturated rings. The van der Waals surface area contributed by atoms with E-state index in [1.54, 1.807) is 7.11 Å². The van der Waals surface area contributed by atoms with E-state index in [9.17, 15) is 0 Å². The van der Waals surface area contributed by atoms with Gasteiger partial charge in [0.25, 0.3) is 0 Å². The Balaban J connectivity index is 1.34. The number of hydrogen-bond acceptors (Lipinski definition) is 5. The number of hydrogen-bond donors (Lipinski definition) is 0. The minimum atomic E-state index is 0.674. The molecule has 0 amide bonds. The molecule has 4 rings (SSSR count). The van der Waals surface area contributed by atoms with Crippen molar-refractivity contribution in [3.8, 4) is 11.5 Å². The first-order valence-electron chi connectivity index (χ1n) is 11.7. The van der Waals surface area contributed by atoms with Crippen LogP contribution in [-0.4, -0.2) is 48.2 Å². The maximum Gasteiger partial charge on any atom is 0.161 e. The topological polar surface area (TPSA) is 47.5 Å². The van der Waals surface area contributed by atoms with Crippen LogP contribution >= 0.6 is 0 Å². The SMILES string of the molecule is COc1ccc(Cc2nccc(CCc3ccccc3)n2)cc1OCCCN1CCCC1. The zero-order valence-corrected chi connectivity index (χ0v) is 19.0. The molecule has 32 heavy (non-hydrogen) atoms. The summed E-state index contributed by atoms with van der Waals surface area (Å²) in [5.41, 5.74) is 3.53. The summed E-state index contributed by atoms with van der Waals surface area (Å²) in [6.45, 7) is 4.25. The molecule has 0 N–H and O–H groups in total. The Bertz CT molecular complexity index is 972. The number of rotatable bonds is 11. The van der Waals surface area contributed by atoms with Crippen molar-refractivity contribution in [3.63, 3.8) is 0 Å². The highest BCUT2D eigenvalue weighted by Gasteiger charge is 2.12. The largest absolute Gasteiger partial charge is 0.493 e. The number of likely N-dealkylation sites (tertiary alicyclic amines) is 1. The van der Waals surface area contributed by atoms with Crippen LogP contribution < -0.4 is 9.47 Å². The van der Waals surface area contributed by atoms with Gasteiger partial charge in [-0.05, 0) is 74.5 Å². The lowest BCUT2D eigenvalue weighted by molar-refractivity contribution is 0.254. The van der Waals surface area contributed by atoms with Crippen LogP contribution in [0.4, 0.5) is 0 Å². The highest BCUT2D eigenvalue weighted by atomic mass is 16.5. The highest BCUT2D eigenvalue weighted by molar-refractivity contribution is 5.43. The van der Waals surface area contributed by atoms with Crippen molar-refractivity contribution in [2.75, 3.05) is 33.4 Å². The van der Waals surface area contributed by atoms with Gasteiger partial charge in [0.05, 0.1) is 13.7 Å². The molecule has 5 nitrogen and oxygen atoms in total. The van der Waals surface area contributed by atoms with E-state index in [2.05, 4.69) is 46.3 Å². The second-order valence-corrected chi connectivity index (χ2v) is 8.36. The summed E-state index contributed by atoms with van der Waals surface area (Å²) in [7, 11) is 1.69. The molecule has 0 unspecified atom stereocenters. The summed E-state index contributed by atoms with van der Waals surface area (Å²) in [5, 5.41) is 0. The van der Waals surface area contributed by atoms with E-state index in [1.807, 2.05) is 24.4 Å². The van der Waals surface area contributed by atoms with Crippen molar-refractivity contribution >= 4 is 0 Å². The van der Waals surface area contributed by atoms with Gasteiger partial charge in [0.1, 0.15) is 5.82 Å². The Morgan fingerprint density at radius 3 is 2.56 bits per heavy atom. The van der Waals surface area contributed by atoms with Crippen LogP contribution in [0.2, 0.25) is 0 Å². The normalized spacial score (nSPS) is 13.9. The van der Waals surface area contributed by atoms with Gasteiger partial charge in [-0.3, -0.25) is 0 Å². The summed E-state index contributed by atoms with van der Waals surface area (Å²) >= 11 is 0. The molecule has 2 heterocycles. The predicted octanol–water partition coefficient (Wildman–Crippen LogP) is 4.73. The lowest BCUT2D eigenvalue weighted by atomic mass is 10.1. The van der Waals surface area contributed by atoms with Crippen LogP contribution in [-0.2, 0) is 19.3 Å². The number of methoxy groups -OCH3 is 1. The number of nitrogens with zero attached hydrogens (tertiary/aromatic N) is 3. The molecule has 168 valence electrons. The highest BCUT2D eigenvalue weighted by Crippen LogP contribution is 2.29. The Labute approximate surface area is 191 Å². The molecule has 0 spiro atoms. The van der Waals surface area contributed by atoms with Crippen molar-refractivity contribution < 1.29 is 9.47 Å². The van der Waals surface area contributed by atoms with Crippen molar-refractivity contribution in [1.82, 2.24) is 14.9 Å². The van der Waals surface area contributed by atoms with Gasteiger partial charge in [0.2, 0.25) is 0 Å². The average Bonchev–Trinajstić information content (AvgIpc) is 3.35. The molecular weight excluding hydrogens is 398 g/mol. The minimum Gasteiger partial charge on any atom is -0.493 e. The molecule has 0 saturated carbocycles. The molecule has 0 atom stereocenters. The molecule has 1 aliphatic heterocycles. The van der Waals surface area contributed by atoms with Crippen molar-refractivity contribution in [3.05, 3.63) is 83.4 Å². The van der Waals surface area contributed by atoms with E-state index < -0.39 is 0 Å². The van der Waals surface area contributed by atoms with Gasteiger partial charge in [0.15, 0.2) is 11.5 Å². The van der Waals surface area contributed by atoms with Crippen LogP contribution in [0.1, 0.15) is 41.9 Å². The Kier molecular flexibility index (Phi) is 8.10. The Morgan fingerprint density at radius 1 is 0.906 bits per heavy atom. The number of aromatic nitrogens is 2. The third-order valence-electron chi connectivity index (χ3n) is 5.94. The first-order valence-corrected chi connectivity index (χ1v) is 11.7. The zero-order chi connectivity index (χ0) is 22.0.